The van der Waals surface area contributed by atoms with Gasteiger partial charge in [0.1, 0.15) is 5.75 Å². The maximum absolute atomic E-state index is 12.2. The van der Waals surface area contributed by atoms with Gasteiger partial charge in [0.15, 0.2) is 0 Å². The van der Waals surface area contributed by atoms with Crippen LogP contribution < -0.4 is 10.2 Å². The molecule has 2 N–H and O–H groups in total. The first-order valence-electron chi connectivity index (χ1n) is 6.04. The lowest BCUT2D eigenvalue weighted by Gasteiger charge is -2.13. The minimum absolute atomic E-state index is 0.0580. The molecule has 5 heteroatoms. The van der Waals surface area contributed by atoms with E-state index >= 15 is 0 Å². The minimum Gasteiger partial charge on any atom is -0.508 e. The summed E-state index contributed by atoms with van der Waals surface area (Å²) < 4.78 is 0. The molecule has 0 aliphatic rings. The monoisotopic (exact) mass is 290 g/mol. The third kappa shape index (κ3) is 3.22. The second kappa shape index (κ2) is 5.84. The van der Waals surface area contributed by atoms with E-state index in [1.165, 1.54) is 12.1 Å². The molecule has 20 heavy (non-hydrogen) atoms. The molecule has 104 valence electrons. The number of hydrogen-bond donors (Lipinski definition) is 2. The Balaban J connectivity index is 2.21. The standard InChI is InChI=1S/C15H15ClN2O2/c1-18(2)11-5-3-4-10(8-11)15(20)17-14-7-6-12(19)9-13(14)16/h3-9,19H,1-2H3,(H,17,20). The Hall–Kier alpha value is -2.20. The number of anilines is 2. The highest BCUT2D eigenvalue weighted by molar-refractivity contribution is 6.34. The molecule has 4 nitrogen and oxygen atoms in total. The van der Waals surface area contributed by atoms with Crippen LogP contribution in [0.5, 0.6) is 5.75 Å². The van der Waals surface area contributed by atoms with Crippen LogP contribution in [0.4, 0.5) is 11.4 Å². The molecule has 2 rings (SSSR count). The van der Waals surface area contributed by atoms with Gasteiger partial charge in [-0.25, -0.2) is 0 Å². The Morgan fingerprint density at radius 1 is 1.20 bits per heavy atom. The third-order valence-corrected chi connectivity index (χ3v) is 3.14. The van der Waals surface area contributed by atoms with Gasteiger partial charge in [-0.2, -0.15) is 0 Å². The van der Waals surface area contributed by atoms with Gasteiger partial charge in [0.25, 0.3) is 5.91 Å². The molecule has 0 atom stereocenters. The number of phenolic OH excluding ortho intramolecular Hbond substituents is 1. The molecule has 0 saturated carbocycles. The fourth-order valence-corrected chi connectivity index (χ4v) is 1.95. The highest BCUT2D eigenvalue weighted by Crippen LogP contribution is 2.26. The van der Waals surface area contributed by atoms with Crippen LogP contribution in [0.15, 0.2) is 42.5 Å². The second-order valence-corrected chi connectivity index (χ2v) is 4.97. The summed E-state index contributed by atoms with van der Waals surface area (Å²) in [6.45, 7) is 0. The molecule has 2 aromatic carbocycles. The van der Waals surface area contributed by atoms with Gasteiger partial charge in [-0.3, -0.25) is 4.79 Å². The van der Waals surface area contributed by atoms with E-state index in [0.717, 1.165) is 5.69 Å². The maximum Gasteiger partial charge on any atom is 0.255 e. The number of benzene rings is 2. The van der Waals surface area contributed by atoms with E-state index < -0.39 is 0 Å². The van der Waals surface area contributed by atoms with Crippen molar-refractivity contribution in [2.24, 2.45) is 0 Å². The zero-order chi connectivity index (χ0) is 14.7. The summed E-state index contributed by atoms with van der Waals surface area (Å²) in [6.07, 6.45) is 0. The molecular formula is C15H15ClN2O2. The topological polar surface area (TPSA) is 52.6 Å². The lowest BCUT2D eigenvalue weighted by atomic mass is 10.1. The molecule has 0 heterocycles. The molecule has 0 aliphatic heterocycles. The van der Waals surface area contributed by atoms with E-state index in [-0.39, 0.29) is 11.7 Å². The fourth-order valence-electron chi connectivity index (χ4n) is 1.73. The van der Waals surface area contributed by atoms with Crippen molar-refractivity contribution < 1.29 is 9.90 Å². The van der Waals surface area contributed by atoms with Crippen molar-refractivity contribution in [3.05, 3.63) is 53.1 Å². The maximum atomic E-state index is 12.2. The fraction of sp³-hybridized carbons (Fsp3) is 0.133. The number of amides is 1. The van der Waals surface area contributed by atoms with Gasteiger partial charge in [0, 0.05) is 31.4 Å². The van der Waals surface area contributed by atoms with Gasteiger partial charge in [-0.15, -0.1) is 0 Å². The quantitative estimate of drug-likeness (QED) is 0.852. The zero-order valence-corrected chi connectivity index (χ0v) is 12.0. The first-order valence-corrected chi connectivity index (χ1v) is 6.42. The van der Waals surface area contributed by atoms with E-state index in [9.17, 15) is 9.90 Å². The summed E-state index contributed by atoms with van der Waals surface area (Å²) >= 11 is 5.96. The normalized spacial score (nSPS) is 10.2. The van der Waals surface area contributed by atoms with Crippen molar-refractivity contribution in [1.82, 2.24) is 0 Å². The largest absolute Gasteiger partial charge is 0.508 e. The predicted octanol–water partition coefficient (Wildman–Crippen LogP) is 3.36. The van der Waals surface area contributed by atoms with Gasteiger partial charge >= 0.3 is 0 Å². The number of rotatable bonds is 3. The first-order chi connectivity index (χ1) is 9.47. The zero-order valence-electron chi connectivity index (χ0n) is 11.2. The van der Waals surface area contributed by atoms with Crippen LogP contribution in [-0.4, -0.2) is 25.1 Å². The lowest BCUT2D eigenvalue weighted by molar-refractivity contribution is 0.102. The van der Waals surface area contributed by atoms with Crippen LogP contribution in [0.25, 0.3) is 0 Å². The third-order valence-electron chi connectivity index (χ3n) is 2.83. The number of nitrogens with one attached hydrogen (secondary N) is 1. The average Bonchev–Trinajstić information content (AvgIpc) is 2.42. The number of halogens is 1. The number of hydrogen-bond acceptors (Lipinski definition) is 3. The van der Waals surface area contributed by atoms with Gasteiger partial charge in [-0.1, -0.05) is 17.7 Å². The first kappa shape index (κ1) is 14.2. The molecule has 0 aliphatic carbocycles. The van der Waals surface area contributed by atoms with Crippen LogP contribution in [0, 0.1) is 0 Å². The molecule has 0 radical (unpaired) electrons. The lowest BCUT2D eigenvalue weighted by Crippen LogP contribution is -2.14. The molecule has 2 aromatic rings. The van der Waals surface area contributed by atoms with E-state index in [2.05, 4.69) is 5.32 Å². The summed E-state index contributed by atoms with van der Waals surface area (Å²) in [5, 5.41) is 12.3. The molecular weight excluding hydrogens is 276 g/mol. The van der Waals surface area contributed by atoms with Gasteiger partial charge in [0.2, 0.25) is 0 Å². The molecule has 0 fully saturated rings. The Kier molecular flexibility index (Phi) is 4.15. The number of phenols is 1. The SMILES string of the molecule is CN(C)c1cccc(C(=O)Nc2ccc(O)cc2Cl)c1. The van der Waals surface area contributed by atoms with Crippen LogP contribution >= 0.6 is 11.6 Å². The number of nitrogens with zero attached hydrogens (tertiary/aromatic N) is 1. The Bertz CT molecular complexity index is 642. The molecule has 0 saturated heterocycles. The summed E-state index contributed by atoms with van der Waals surface area (Å²) in [7, 11) is 3.82. The predicted molar refractivity (Wildman–Crippen MR) is 81.8 cm³/mol. The summed E-state index contributed by atoms with van der Waals surface area (Å²) in [5.41, 5.74) is 1.94. The molecule has 1 amide bonds. The van der Waals surface area contributed by atoms with Crippen LogP contribution in [0.2, 0.25) is 5.02 Å². The number of carbonyl (C=O) groups excluding carboxylic acids is 1. The smallest absolute Gasteiger partial charge is 0.255 e. The van der Waals surface area contributed by atoms with Crippen LogP contribution in [0.3, 0.4) is 0 Å². The van der Waals surface area contributed by atoms with E-state index in [0.29, 0.717) is 16.3 Å². The number of aromatic hydroxyl groups is 1. The van der Waals surface area contributed by atoms with E-state index in [4.69, 9.17) is 11.6 Å². The van der Waals surface area contributed by atoms with Gasteiger partial charge in [-0.05, 0) is 30.3 Å². The van der Waals surface area contributed by atoms with Crippen LogP contribution in [0.1, 0.15) is 10.4 Å². The highest BCUT2D eigenvalue weighted by Gasteiger charge is 2.10. The van der Waals surface area contributed by atoms with Crippen molar-refractivity contribution in [2.75, 3.05) is 24.3 Å². The Morgan fingerprint density at radius 2 is 1.95 bits per heavy atom. The number of carbonyl (C=O) groups is 1. The summed E-state index contributed by atoms with van der Waals surface area (Å²) in [5.74, 6) is -0.191. The van der Waals surface area contributed by atoms with Gasteiger partial charge in [0.05, 0.1) is 10.7 Å². The average molecular weight is 291 g/mol. The van der Waals surface area contributed by atoms with E-state index in [1.54, 1.807) is 18.2 Å². The second-order valence-electron chi connectivity index (χ2n) is 4.56. The van der Waals surface area contributed by atoms with Crippen molar-refractivity contribution in [3.8, 4) is 5.75 Å². The summed E-state index contributed by atoms with van der Waals surface area (Å²) in [6, 6.07) is 11.7. The van der Waals surface area contributed by atoms with Crippen molar-refractivity contribution in [1.29, 1.82) is 0 Å². The van der Waals surface area contributed by atoms with Crippen molar-refractivity contribution >= 4 is 28.9 Å². The van der Waals surface area contributed by atoms with E-state index in [1.807, 2.05) is 31.1 Å². The Labute approximate surface area is 122 Å². The van der Waals surface area contributed by atoms with Crippen molar-refractivity contribution in [3.63, 3.8) is 0 Å². The Morgan fingerprint density at radius 3 is 2.60 bits per heavy atom. The minimum atomic E-state index is -0.249. The van der Waals surface area contributed by atoms with Crippen molar-refractivity contribution in [2.45, 2.75) is 0 Å². The summed E-state index contributed by atoms with van der Waals surface area (Å²) in [4.78, 5) is 14.1. The molecule has 0 bridgehead atoms. The molecule has 0 spiro atoms. The molecule has 0 aromatic heterocycles. The highest BCUT2D eigenvalue weighted by atomic mass is 35.5. The molecule has 0 unspecified atom stereocenters. The van der Waals surface area contributed by atoms with Crippen LogP contribution in [-0.2, 0) is 0 Å². The van der Waals surface area contributed by atoms with Gasteiger partial charge < -0.3 is 15.3 Å².